The fourth-order valence-corrected chi connectivity index (χ4v) is 2.51. The van der Waals surface area contributed by atoms with Gasteiger partial charge in [0.2, 0.25) is 11.8 Å². The first-order valence-electron chi connectivity index (χ1n) is 7.95. The zero-order chi connectivity index (χ0) is 16.7. The minimum absolute atomic E-state index is 0.0591. The van der Waals surface area contributed by atoms with Crippen molar-refractivity contribution in [2.45, 2.75) is 45.4 Å². The molecule has 0 heterocycles. The van der Waals surface area contributed by atoms with E-state index in [2.05, 4.69) is 22.8 Å². The second kappa shape index (κ2) is 8.41. The molecule has 124 valence electrons. The highest BCUT2D eigenvalue weighted by atomic mass is 19.1. The quantitative estimate of drug-likeness (QED) is 0.818. The van der Waals surface area contributed by atoms with Crippen molar-refractivity contribution < 1.29 is 14.0 Å². The van der Waals surface area contributed by atoms with E-state index in [1.807, 2.05) is 0 Å². The third-order valence-corrected chi connectivity index (χ3v) is 3.92. The summed E-state index contributed by atoms with van der Waals surface area (Å²) in [5, 5.41) is 6.80. The van der Waals surface area contributed by atoms with Crippen molar-refractivity contribution in [2.75, 3.05) is 5.32 Å². The summed E-state index contributed by atoms with van der Waals surface area (Å²) < 4.78 is 12.8. The Labute approximate surface area is 135 Å². The molecule has 0 aromatic heterocycles. The molecule has 2 N–H and O–H groups in total. The number of anilines is 1. The maximum absolute atomic E-state index is 12.8. The van der Waals surface area contributed by atoms with Crippen molar-refractivity contribution in [1.29, 1.82) is 0 Å². The maximum Gasteiger partial charge on any atom is 0.240 e. The van der Waals surface area contributed by atoms with E-state index in [4.69, 9.17) is 0 Å². The average Bonchev–Trinajstić information content (AvgIpc) is 2.54. The average molecular weight is 319 g/mol. The molecule has 6 heteroatoms. The van der Waals surface area contributed by atoms with E-state index in [1.54, 1.807) is 0 Å². The van der Waals surface area contributed by atoms with Crippen LogP contribution in [0.1, 0.15) is 45.4 Å². The number of carbonyl (C=O) groups is 2. The number of halogens is 1. The molecule has 0 bridgehead atoms. The summed E-state index contributed by atoms with van der Waals surface area (Å²) in [5.74, 6) is -0.515. The van der Waals surface area contributed by atoms with E-state index in [9.17, 15) is 14.0 Å². The van der Waals surface area contributed by atoms with Crippen LogP contribution >= 0.6 is 0 Å². The third-order valence-electron chi connectivity index (χ3n) is 3.92. The van der Waals surface area contributed by atoms with Gasteiger partial charge in [-0.3, -0.25) is 9.59 Å². The van der Waals surface area contributed by atoms with Gasteiger partial charge in [0.25, 0.3) is 0 Å². The molecule has 1 saturated carbocycles. The fraction of sp³-hybridized carbons (Fsp3) is 0.471. The van der Waals surface area contributed by atoms with Crippen LogP contribution in [0.4, 0.5) is 10.1 Å². The molecule has 23 heavy (non-hydrogen) atoms. The molecule has 0 radical (unpaired) electrons. The molecule has 1 aromatic rings. The SMILES string of the molecule is CC1CCCC/C1=N\NC(=O)CCC(=O)Nc1ccc(F)cc1. The van der Waals surface area contributed by atoms with E-state index in [0.717, 1.165) is 25.0 Å². The van der Waals surface area contributed by atoms with Crippen LogP contribution in [-0.2, 0) is 9.59 Å². The summed E-state index contributed by atoms with van der Waals surface area (Å²) in [7, 11) is 0. The van der Waals surface area contributed by atoms with Crippen LogP contribution in [0.25, 0.3) is 0 Å². The van der Waals surface area contributed by atoms with Gasteiger partial charge in [0.05, 0.1) is 0 Å². The van der Waals surface area contributed by atoms with Gasteiger partial charge < -0.3 is 5.32 Å². The van der Waals surface area contributed by atoms with Gasteiger partial charge in [-0.05, 0) is 49.4 Å². The number of hydrogen-bond acceptors (Lipinski definition) is 3. The highest BCUT2D eigenvalue weighted by Crippen LogP contribution is 2.20. The molecule has 2 amide bonds. The zero-order valence-electron chi connectivity index (χ0n) is 13.3. The van der Waals surface area contributed by atoms with Crippen LogP contribution in [0, 0.1) is 11.7 Å². The molecule has 0 spiro atoms. The van der Waals surface area contributed by atoms with E-state index in [0.29, 0.717) is 11.6 Å². The van der Waals surface area contributed by atoms with Crippen molar-refractivity contribution in [3.8, 4) is 0 Å². The molecule has 1 fully saturated rings. The van der Waals surface area contributed by atoms with Gasteiger partial charge in [-0.15, -0.1) is 0 Å². The van der Waals surface area contributed by atoms with Crippen LogP contribution in [-0.4, -0.2) is 17.5 Å². The Morgan fingerprint density at radius 1 is 1.17 bits per heavy atom. The number of hydrogen-bond donors (Lipinski definition) is 2. The Bertz CT molecular complexity index is 584. The number of carbonyl (C=O) groups excluding carboxylic acids is 2. The summed E-state index contributed by atoms with van der Waals surface area (Å²) in [6, 6.07) is 5.49. The molecule has 1 atom stereocenters. The smallest absolute Gasteiger partial charge is 0.240 e. The van der Waals surface area contributed by atoms with Crippen LogP contribution < -0.4 is 10.7 Å². The van der Waals surface area contributed by atoms with Crippen LogP contribution in [0.15, 0.2) is 29.4 Å². The Kier molecular flexibility index (Phi) is 6.26. The van der Waals surface area contributed by atoms with Crippen molar-refractivity contribution in [3.05, 3.63) is 30.1 Å². The number of amides is 2. The predicted octanol–water partition coefficient (Wildman–Crippen LogP) is 3.23. The molecular weight excluding hydrogens is 297 g/mol. The van der Waals surface area contributed by atoms with Crippen LogP contribution in [0.2, 0.25) is 0 Å². The minimum Gasteiger partial charge on any atom is -0.326 e. The topological polar surface area (TPSA) is 70.6 Å². The predicted molar refractivity (Wildman–Crippen MR) is 87.5 cm³/mol. The second-order valence-corrected chi connectivity index (χ2v) is 5.84. The summed E-state index contributed by atoms with van der Waals surface area (Å²) in [6.45, 7) is 2.11. The number of benzene rings is 1. The molecule has 1 aliphatic carbocycles. The monoisotopic (exact) mass is 319 g/mol. The van der Waals surface area contributed by atoms with Gasteiger partial charge in [-0.2, -0.15) is 5.10 Å². The van der Waals surface area contributed by atoms with Gasteiger partial charge in [0.15, 0.2) is 0 Å². The van der Waals surface area contributed by atoms with Gasteiger partial charge >= 0.3 is 0 Å². The molecule has 5 nitrogen and oxygen atoms in total. The minimum atomic E-state index is -0.363. The molecule has 0 saturated heterocycles. The van der Waals surface area contributed by atoms with Gasteiger partial charge in [-0.25, -0.2) is 9.82 Å². The second-order valence-electron chi connectivity index (χ2n) is 5.84. The number of nitrogens with zero attached hydrogens (tertiary/aromatic N) is 1. The molecule has 1 aliphatic rings. The van der Waals surface area contributed by atoms with Crippen molar-refractivity contribution in [3.63, 3.8) is 0 Å². The van der Waals surface area contributed by atoms with E-state index >= 15 is 0 Å². The van der Waals surface area contributed by atoms with Gasteiger partial charge in [-0.1, -0.05) is 13.3 Å². The fourth-order valence-electron chi connectivity index (χ4n) is 2.51. The standard InChI is InChI=1S/C17H22FN3O2/c1-12-4-2-3-5-15(12)20-21-17(23)11-10-16(22)19-14-8-6-13(18)7-9-14/h6-9,12H,2-5,10-11H2,1H3,(H,19,22)(H,21,23)/b20-15+. The number of rotatable bonds is 5. The lowest BCUT2D eigenvalue weighted by Crippen LogP contribution is -2.25. The number of nitrogens with one attached hydrogen (secondary N) is 2. The van der Waals surface area contributed by atoms with E-state index in [1.165, 1.54) is 30.7 Å². The Morgan fingerprint density at radius 3 is 2.57 bits per heavy atom. The third kappa shape index (κ3) is 5.81. The Balaban J connectivity index is 1.72. The summed E-state index contributed by atoms with van der Waals surface area (Å²) in [5.41, 5.74) is 4.06. The molecule has 1 aromatic carbocycles. The first-order chi connectivity index (χ1) is 11.0. The largest absolute Gasteiger partial charge is 0.326 e. The van der Waals surface area contributed by atoms with Gasteiger partial charge in [0, 0.05) is 24.2 Å². The summed E-state index contributed by atoms with van der Waals surface area (Å²) >= 11 is 0. The lowest BCUT2D eigenvalue weighted by Gasteiger charge is -2.19. The Morgan fingerprint density at radius 2 is 1.87 bits per heavy atom. The summed E-state index contributed by atoms with van der Waals surface area (Å²) in [4.78, 5) is 23.5. The zero-order valence-corrected chi connectivity index (χ0v) is 13.3. The first-order valence-corrected chi connectivity index (χ1v) is 7.95. The number of hydrazone groups is 1. The van der Waals surface area contributed by atoms with Crippen molar-refractivity contribution in [1.82, 2.24) is 5.43 Å². The Hall–Kier alpha value is -2.24. The molecule has 2 rings (SSSR count). The highest BCUT2D eigenvalue weighted by Gasteiger charge is 2.16. The highest BCUT2D eigenvalue weighted by molar-refractivity contribution is 5.93. The van der Waals surface area contributed by atoms with Crippen LogP contribution in [0.3, 0.4) is 0 Å². The van der Waals surface area contributed by atoms with E-state index < -0.39 is 0 Å². The molecule has 0 aliphatic heterocycles. The lowest BCUT2D eigenvalue weighted by molar-refractivity contribution is -0.124. The van der Waals surface area contributed by atoms with E-state index in [-0.39, 0.29) is 30.5 Å². The first kappa shape index (κ1) is 17.1. The molecule has 1 unspecified atom stereocenters. The van der Waals surface area contributed by atoms with Gasteiger partial charge in [0.1, 0.15) is 5.82 Å². The van der Waals surface area contributed by atoms with Crippen LogP contribution in [0.5, 0.6) is 0 Å². The normalized spacial score (nSPS) is 19.4. The van der Waals surface area contributed by atoms with Crippen molar-refractivity contribution in [2.24, 2.45) is 11.0 Å². The molecular formula is C17H22FN3O2. The maximum atomic E-state index is 12.8. The summed E-state index contributed by atoms with van der Waals surface area (Å²) in [6.07, 6.45) is 4.47. The lowest BCUT2D eigenvalue weighted by atomic mass is 9.89. The van der Waals surface area contributed by atoms with Crippen molar-refractivity contribution >= 4 is 23.2 Å².